The van der Waals surface area contributed by atoms with Crippen molar-refractivity contribution in [2.24, 2.45) is 4.99 Å². The zero-order valence-electron chi connectivity index (χ0n) is 27.0. The average Bonchev–Trinajstić information content (AvgIpc) is 3.24. The molecular weight excluding hydrogens is 611 g/mol. The first-order valence-electron chi connectivity index (χ1n) is 16.2. The Balaban J connectivity index is 1.25. The van der Waals surface area contributed by atoms with E-state index in [-0.39, 0.29) is 30.0 Å². The molecule has 3 amide bonds. The van der Waals surface area contributed by atoms with Gasteiger partial charge in [-0.2, -0.15) is 12.6 Å². The van der Waals surface area contributed by atoms with Crippen molar-refractivity contribution >= 4 is 53.6 Å². The lowest BCUT2D eigenvalue weighted by Crippen LogP contribution is -2.34. The Kier molecular flexibility index (Phi) is 11.4. The lowest BCUT2D eigenvalue weighted by atomic mass is 10.0. The maximum atomic E-state index is 13.3. The van der Waals surface area contributed by atoms with Crippen molar-refractivity contribution in [2.75, 3.05) is 37.2 Å². The van der Waals surface area contributed by atoms with Crippen molar-refractivity contribution < 1.29 is 14.4 Å². The van der Waals surface area contributed by atoms with Gasteiger partial charge in [0, 0.05) is 85.8 Å². The normalized spacial score (nSPS) is 14.2. The molecule has 2 aliphatic heterocycles. The van der Waals surface area contributed by atoms with E-state index in [1.807, 2.05) is 49.1 Å². The van der Waals surface area contributed by atoms with Crippen LogP contribution in [0.5, 0.6) is 0 Å². The third-order valence-corrected chi connectivity index (χ3v) is 8.40. The number of rotatable bonds is 12. The number of carbonyl (C=O) groups is 3. The molecular formula is C36H42N7O3S. The number of hydrogen-bond acceptors (Lipinski definition) is 7. The fraction of sp³-hybridized carbons (Fsp3) is 0.361. The summed E-state index contributed by atoms with van der Waals surface area (Å²) in [6, 6.07) is 14.8. The molecule has 0 unspecified atom stereocenters. The zero-order chi connectivity index (χ0) is 33.3. The molecule has 3 N–H and O–H groups in total. The van der Waals surface area contributed by atoms with Crippen molar-refractivity contribution in [1.29, 1.82) is 0 Å². The number of thiol groups is 1. The number of benzene rings is 2. The lowest BCUT2D eigenvalue weighted by Gasteiger charge is -2.28. The molecule has 5 rings (SSSR count). The highest BCUT2D eigenvalue weighted by molar-refractivity contribution is 7.80. The molecule has 1 aromatic heterocycles. The van der Waals surface area contributed by atoms with E-state index >= 15 is 0 Å². The molecule has 0 bridgehead atoms. The SMILES string of the molecule is CCCN(CCC)C(=O)C1=Cc2ccc(C(=O)Nc3cnc4c(c3)CN(Cc3ccc(C(=O)NCCS)cc3)CC4)cc2N=C([NH])C1. The van der Waals surface area contributed by atoms with Crippen LogP contribution in [0.3, 0.4) is 0 Å². The van der Waals surface area contributed by atoms with Crippen LogP contribution < -0.4 is 16.4 Å². The van der Waals surface area contributed by atoms with Gasteiger partial charge in [0.25, 0.3) is 11.8 Å². The van der Waals surface area contributed by atoms with Gasteiger partial charge in [0.1, 0.15) is 5.84 Å². The third-order valence-electron chi connectivity index (χ3n) is 8.18. The minimum absolute atomic E-state index is 0.0655. The van der Waals surface area contributed by atoms with Gasteiger partial charge in [-0.25, -0.2) is 4.99 Å². The minimum atomic E-state index is -0.302. The maximum absolute atomic E-state index is 13.3. The van der Waals surface area contributed by atoms with Crippen LogP contribution >= 0.6 is 12.6 Å². The number of hydrogen-bond donors (Lipinski definition) is 3. The molecule has 2 aromatic carbocycles. The summed E-state index contributed by atoms with van der Waals surface area (Å²) in [5.41, 5.74) is 15.0. The van der Waals surface area contributed by atoms with E-state index in [1.54, 1.807) is 30.5 Å². The van der Waals surface area contributed by atoms with Gasteiger partial charge in [-0.15, -0.1) is 0 Å². The van der Waals surface area contributed by atoms with Gasteiger partial charge < -0.3 is 15.5 Å². The van der Waals surface area contributed by atoms with Gasteiger partial charge in [-0.3, -0.25) is 30.0 Å². The monoisotopic (exact) mass is 652 g/mol. The fourth-order valence-electron chi connectivity index (χ4n) is 5.89. The smallest absolute Gasteiger partial charge is 0.255 e. The van der Waals surface area contributed by atoms with Gasteiger partial charge in [0.05, 0.1) is 17.6 Å². The number of carbonyl (C=O) groups excluding carboxylic acids is 3. The van der Waals surface area contributed by atoms with E-state index in [0.717, 1.165) is 49.2 Å². The quantitative estimate of drug-likeness (QED) is 0.229. The number of amidine groups is 1. The second kappa shape index (κ2) is 15.9. The Bertz CT molecular complexity index is 1680. The summed E-state index contributed by atoms with van der Waals surface area (Å²) < 4.78 is 0. The molecule has 0 aliphatic carbocycles. The molecule has 245 valence electrons. The number of anilines is 1. The number of amides is 3. The molecule has 3 heterocycles. The largest absolute Gasteiger partial charge is 0.351 e. The molecule has 0 atom stereocenters. The van der Waals surface area contributed by atoms with E-state index in [4.69, 9.17) is 5.73 Å². The van der Waals surface area contributed by atoms with Crippen LogP contribution in [0.4, 0.5) is 11.4 Å². The van der Waals surface area contributed by atoms with Crippen LogP contribution in [0.2, 0.25) is 0 Å². The predicted molar refractivity (Wildman–Crippen MR) is 189 cm³/mol. The van der Waals surface area contributed by atoms with Crippen LogP contribution in [0.15, 0.2) is 65.3 Å². The highest BCUT2D eigenvalue weighted by atomic mass is 32.1. The number of pyridine rings is 1. The van der Waals surface area contributed by atoms with Crippen LogP contribution in [0.25, 0.3) is 6.08 Å². The molecule has 0 fully saturated rings. The molecule has 1 radical (unpaired) electrons. The molecule has 10 nitrogen and oxygen atoms in total. The second-order valence-corrected chi connectivity index (χ2v) is 12.3. The number of aliphatic imine (C=N–C) groups is 1. The summed E-state index contributed by atoms with van der Waals surface area (Å²) in [7, 11) is 0. The highest BCUT2D eigenvalue weighted by Gasteiger charge is 2.23. The van der Waals surface area contributed by atoms with E-state index in [9.17, 15) is 14.4 Å². The van der Waals surface area contributed by atoms with E-state index < -0.39 is 0 Å². The number of nitrogens with zero attached hydrogens (tertiary/aromatic N) is 4. The molecule has 3 aromatic rings. The van der Waals surface area contributed by atoms with Crippen molar-refractivity contribution in [2.45, 2.75) is 52.6 Å². The molecule has 0 saturated heterocycles. The molecule has 47 heavy (non-hydrogen) atoms. The van der Waals surface area contributed by atoms with E-state index in [2.05, 4.69) is 38.1 Å². The molecule has 0 spiro atoms. The second-order valence-electron chi connectivity index (χ2n) is 11.9. The maximum Gasteiger partial charge on any atom is 0.255 e. The predicted octanol–water partition coefficient (Wildman–Crippen LogP) is 5.30. The Morgan fingerprint density at radius 3 is 2.47 bits per heavy atom. The summed E-state index contributed by atoms with van der Waals surface area (Å²) in [6.07, 6.45) is 6.17. The van der Waals surface area contributed by atoms with Gasteiger partial charge in [0.2, 0.25) is 5.91 Å². The Morgan fingerprint density at radius 2 is 1.74 bits per heavy atom. The number of aromatic nitrogens is 1. The van der Waals surface area contributed by atoms with Crippen LogP contribution in [-0.4, -0.2) is 70.3 Å². The van der Waals surface area contributed by atoms with Gasteiger partial charge >= 0.3 is 0 Å². The van der Waals surface area contributed by atoms with Gasteiger partial charge in [-0.1, -0.05) is 32.0 Å². The molecule has 0 saturated carbocycles. The van der Waals surface area contributed by atoms with Gasteiger partial charge in [0.15, 0.2) is 0 Å². The first kappa shape index (κ1) is 33.9. The summed E-state index contributed by atoms with van der Waals surface area (Å²) in [6.45, 7) is 8.25. The van der Waals surface area contributed by atoms with Crippen molar-refractivity contribution in [3.63, 3.8) is 0 Å². The Morgan fingerprint density at radius 1 is 1.00 bits per heavy atom. The van der Waals surface area contributed by atoms with Crippen LogP contribution in [0.1, 0.15) is 76.2 Å². The standard InChI is InChI=1S/C36H42N7O3S/c1-3-13-43(14-4-2)36(46)28-17-26-9-10-27(19-32(26)41-33(37)20-28)35(45)40-30-18-29-23-42(15-11-31(29)39-21-30)22-24-5-7-25(8-6-24)34(44)38-12-16-47/h5-10,17-19,21,37,47H,3-4,11-16,20,22-23H2,1-2H3,(H,38,44)(H,40,45). The lowest BCUT2D eigenvalue weighted by molar-refractivity contribution is -0.127. The number of nitrogens with one attached hydrogen (secondary N) is 3. The first-order chi connectivity index (χ1) is 22.8. The average molecular weight is 653 g/mol. The van der Waals surface area contributed by atoms with E-state index in [1.165, 1.54) is 0 Å². The topological polar surface area (TPSA) is 131 Å². The fourth-order valence-corrected chi connectivity index (χ4v) is 6.00. The van der Waals surface area contributed by atoms with Crippen LogP contribution in [0, 0.1) is 0 Å². The van der Waals surface area contributed by atoms with Gasteiger partial charge in [-0.05, 0) is 60.4 Å². The Labute approximate surface area is 281 Å². The number of fused-ring (bicyclic) bond motifs is 2. The van der Waals surface area contributed by atoms with Crippen LogP contribution in [-0.2, 0) is 24.3 Å². The zero-order valence-corrected chi connectivity index (χ0v) is 27.9. The summed E-state index contributed by atoms with van der Waals surface area (Å²) in [5, 5.41) is 5.81. The van der Waals surface area contributed by atoms with Crippen molar-refractivity contribution in [3.8, 4) is 0 Å². The van der Waals surface area contributed by atoms with Crippen molar-refractivity contribution in [1.82, 2.24) is 25.8 Å². The minimum Gasteiger partial charge on any atom is -0.351 e. The molecule has 11 heteroatoms. The first-order valence-corrected chi connectivity index (χ1v) is 16.8. The molecule has 2 aliphatic rings. The van der Waals surface area contributed by atoms with E-state index in [0.29, 0.717) is 65.6 Å². The summed E-state index contributed by atoms with van der Waals surface area (Å²) >= 11 is 4.13. The van der Waals surface area contributed by atoms with Crippen molar-refractivity contribution in [3.05, 3.63) is 93.8 Å². The third kappa shape index (κ3) is 8.66. The summed E-state index contributed by atoms with van der Waals surface area (Å²) in [4.78, 5) is 52.0. The summed E-state index contributed by atoms with van der Waals surface area (Å²) in [5.74, 6) is 0.213. The highest BCUT2D eigenvalue weighted by Crippen LogP contribution is 2.29. The Hall–Kier alpha value is -4.48.